The lowest BCUT2D eigenvalue weighted by Gasteiger charge is -2.19. The first-order valence-corrected chi connectivity index (χ1v) is 7.20. The molecule has 0 aliphatic rings. The third-order valence-electron chi connectivity index (χ3n) is 3.38. The molecule has 0 saturated carbocycles. The molecule has 1 aromatic heterocycles. The monoisotopic (exact) mass is 290 g/mol. The van der Waals surface area contributed by atoms with Crippen molar-refractivity contribution in [1.82, 2.24) is 10.3 Å². The van der Waals surface area contributed by atoms with Gasteiger partial charge in [0.1, 0.15) is 0 Å². The summed E-state index contributed by atoms with van der Waals surface area (Å²) >= 11 is 0. The van der Waals surface area contributed by atoms with Crippen LogP contribution >= 0.6 is 0 Å². The minimum absolute atomic E-state index is 0.282. The average molecular weight is 290 g/mol. The molecule has 0 spiro atoms. The molecule has 0 aliphatic heterocycles. The summed E-state index contributed by atoms with van der Waals surface area (Å²) in [6, 6.07) is 7.92. The molecule has 0 fully saturated rings. The van der Waals surface area contributed by atoms with Crippen LogP contribution in [0, 0.1) is 18.6 Å². The van der Waals surface area contributed by atoms with Crippen LogP contribution < -0.4 is 5.32 Å². The van der Waals surface area contributed by atoms with Gasteiger partial charge in [0, 0.05) is 29.9 Å². The van der Waals surface area contributed by atoms with Gasteiger partial charge in [0.15, 0.2) is 11.6 Å². The quantitative estimate of drug-likeness (QED) is 0.871. The Morgan fingerprint density at radius 1 is 1.19 bits per heavy atom. The van der Waals surface area contributed by atoms with Gasteiger partial charge in [-0.3, -0.25) is 4.98 Å². The van der Waals surface area contributed by atoms with Crippen LogP contribution in [0.25, 0.3) is 0 Å². The van der Waals surface area contributed by atoms with E-state index >= 15 is 0 Å². The number of nitrogens with one attached hydrogen (secondary N) is 1. The maximum atomic E-state index is 14.0. The van der Waals surface area contributed by atoms with E-state index in [1.54, 1.807) is 12.3 Å². The van der Waals surface area contributed by atoms with E-state index in [4.69, 9.17) is 0 Å². The van der Waals surface area contributed by atoms with Crippen molar-refractivity contribution in [2.45, 2.75) is 32.7 Å². The van der Waals surface area contributed by atoms with Crippen molar-refractivity contribution in [3.63, 3.8) is 0 Å². The van der Waals surface area contributed by atoms with Crippen LogP contribution in [-0.2, 0) is 6.42 Å². The summed E-state index contributed by atoms with van der Waals surface area (Å²) < 4.78 is 27.4. The summed E-state index contributed by atoms with van der Waals surface area (Å²) in [5.41, 5.74) is 2.29. The molecule has 0 aliphatic carbocycles. The molecule has 1 heterocycles. The maximum Gasteiger partial charge on any atom is 0.163 e. The summed E-state index contributed by atoms with van der Waals surface area (Å²) in [6.07, 6.45) is 3.24. The minimum atomic E-state index is -0.812. The van der Waals surface area contributed by atoms with Crippen LogP contribution in [0.1, 0.15) is 36.2 Å². The van der Waals surface area contributed by atoms with Gasteiger partial charge in [0.05, 0.1) is 0 Å². The second-order valence-electron chi connectivity index (χ2n) is 5.18. The molecule has 2 aromatic rings. The first-order valence-electron chi connectivity index (χ1n) is 7.20. The highest BCUT2D eigenvalue weighted by atomic mass is 19.2. The molecule has 2 nitrogen and oxygen atoms in total. The molecule has 2 rings (SSSR count). The van der Waals surface area contributed by atoms with Crippen molar-refractivity contribution < 1.29 is 8.78 Å². The first-order chi connectivity index (χ1) is 10.1. The minimum Gasteiger partial charge on any atom is -0.310 e. The van der Waals surface area contributed by atoms with E-state index in [-0.39, 0.29) is 6.04 Å². The molecular weight excluding hydrogens is 270 g/mol. The fourth-order valence-electron chi connectivity index (χ4n) is 2.23. The van der Waals surface area contributed by atoms with Gasteiger partial charge in [-0.25, -0.2) is 8.78 Å². The van der Waals surface area contributed by atoms with Gasteiger partial charge in [0.2, 0.25) is 0 Å². The highest BCUT2D eigenvalue weighted by Gasteiger charge is 2.18. The van der Waals surface area contributed by atoms with Crippen LogP contribution in [0.2, 0.25) is 0 Å². The lowest BCUT2D eigenvalue weighted by molar-refractivity contribution is 0.457. The van der Waals surface area contributed by atoms with Crippen LogP contribution in [0.15, 0.2) is 36.5 Å². The van der Waals surface area contributed by atoms with Gasteiger partial charge < -0.3 is 5.32 Å². The predicted octanol–water partition coefficient (Wildman–Crippen LogP) is 3.95. The van der Waals surface area contributed by atoms with Crippen LogP contribution in [0.5, 0.6) is 0 Å². The molecule has 0 radical (unpaired) electrons. The number of aryl methyl sites for hydroxylation is 1. The predicted molar refractivity (Wildman–Crippen MR) is 80.1 cm³/mol. The Kier molecular flexibility index (Phi) is 5.39. The van der Waals surface area contributed by atoms with Gasteiger partial charge in [-0.2, -0.15) is 0 Å². The molecule has 0 amide bonds. The van der Waals surface area contributed by atoms with Gasteiger partial charge in [-0.15, -0.1) is 0 Å². The van der Waals surface area contributed by atoms with Crippen molar-refractivity contribution in [3.05, 3.63) is 65.0 Å². The van der Waals surface area contributed by atoms with E-state index in [2.05, 4.69) is 10.3 Å². The molecule has 21 heavy (non-hydrogen) atoms. The Labute approximate surface area is 124 Å². The summed E-state index contributed by atoms with van der Waals surface area (Å²) in [5.74, 6) is -1.59. The second-order valence-corrected chi connectivity index (χ2v) is 5.18. The number of hydrogen-bond donors (Lipinski definition) is 1. The van der Waals surface area contributed by atoms with E-state index < -0.39 is 11.6 Å². The molecule has 1 atom stereocenters. The number of halogens is 2. The number of rotatable bonds is 6. The zero-order chi connectivity index (χ0) is 15.2. The lowest BCUT2D eigenvalue weighted by Crippen LogP contribution is -2.25. The topological polar surface area (TPSA) is 24.9 Å². The number of pyridine rings is 1. The Hall–Kier alpha value is -1.81. The fraction of sp³-hybridized carbons (Fsp3) is 0.353. The Morgan fingerprint density at radius 2 is 2.00 bits per heavy atom. The average Bonchev–Trinajstić information content (AvgIpc) is 2.48. The maximum absolute atomic E-state index is 14.0. The summed E-state index contributed by atoms with van der Waals surface area (Å²) in [7, 11) is 0. The Bertz CT molecular complexity index is 582. The zero-order valence-corrected chi connectivity index (χ0v) is 12.4. The number of aromatic nitrogens is 1. The summed E-state index contributed by atoms with van der Waals surface area (Å²) in [4.78, 5) is 4.35. The van der Waals surface area contributed by atoms with Gasteiger partial charge >= 0.3 is 0 Å². The van der Waals surface area contributed by atoms with Gasteiger partial charge in [-0.1, -0.05) is 25.1 Å². The van der Waals surface area contributed by atoms with Crippen molar-refractivity contribution in [2.24, 2.45) is 0 Å². The second kappa shape index (κ2) is 7.27. The molecule has 0 bridgehead atoms. The van der Waals surface area contributed by atoms with Crippen LogP contribution in [0.4, 0.5) is 8.78 Å². The normalized spacial score (nSPS) is 12.4. The molecule has 112 valence electrons. The van der Waals surface area contributed by atoms with Gasteiger partial charge in [0.25, 0.3) is 0 Å². The smallest absolute Gasteiger partial charge is 0.163 e. The van der Waals surface area contributed by atoms with E-state index in [1.807, 2.05) is 26.0 Å². The molecule has 1 unspecified atom stereocenters. The van der Waals surface area contributed by atoms with Crippen LogP contribution in [-0.4, -0.2) is 11.5 Å². The summed E-state index contributed by atoms with van der Waals surface area (Å²) in [6.45, 7) is 4.75. The lowest BCUT2D eigenvalue weighted by atomic mass is 10.0. The Balaban J connectivity index is 2.25. The van der Waals surface area contributed by atoms with Crippen molar-refractivity contribution >= 4 is 0 Å². The SMILES string of the molecule is CCCNC(Cc1ccc(C)cn1)c1cccc(F)c1F. The van der Waals surface area contributed by atoms with Gasteiger partial charge in [-0.05, 0) is 37.6 Å². The number of hydrogen-bond acceptors (Lipinski definition) is 2. The first kappa shape index (κ1) is 15.6. The molecular formula is C17H20F2N2. The number of nitrogens with zero attached hydrogens (tertiary/aromatic N) is 1. The highest BCUT2D eigenvalue weighted by Crippen LogP contribution is 2.22. The van der Waals surface area contributed by atoms with E-state index in [1.165, 1.54) is 6.07 Å². The highest BCUT2D eigenvalue weighted by molar-refractivity contribution is 5.24. The fourth-order valence-corrected chi connectivity index (χ4v) is 2.23. The van der Waals surface area contributed by atoms with Crippen molar-refractivity contribution in [1.29, 1.82) is 0 Å². The summed E-state index contributed by atoms with van der Waals surface area (Å²) in [5, 5.41) is 3.27. The molecule has 1 N–H and O–H groups in total. The van der Waals surface area contributed by atoms with E-state index in [0.717, 1.165) is 30.3 Å². The Morgan fingerprint density at radius 3 is 2.67 bits per heavy atom. The molecule has 0 saturated heterocycles. The van der Waals surface area contributed by atoms with Crippen molar-refractivity contribution in [3.8, 4) is 0 Å². The third-order valence-corrected chi connectivity index (χ3v) is 3.38. The molecule has 4 heteroatoms. The van der Waals surface area contributed by atoms with Crippen LogP contribution in [0.3, 0.4) is 0 Å². The van der Waals surface area contributed by atoms with E-state index in [0.29, 0.717) is 12.0 Å². The zero-order valence-electron chi connectivity index (χ0n) is 12.4. The molecule has 1 aromatic carbocycles. The largest absolute Gasteiger partial charge is 0.310 e. The standard InChI is InChI=1S/C17H20F2N2/c1-3-9-20-16(10-13-8-7-12(2)11-21-13)14-5-4-6-15(18)17(14)19/h4-8,11,16,20H,3,9-10H2,1-2H3. The third kappa shape index (κ3) is 4.08. The van der Waals surface area contributed by atoms with E-state index in [9.17, 15) is 8.78 Å². The number of benzene rings is 1. The van der Waals surface area contributed by atoms with Crippen molar-refractivity contribution in [2.75, 3.05) is 6.54 Å².